The average molecular weight is 565 g/mol. The van der Waals surface area contributed by atoms with Crippen molar-refractivity contribution in [3.8, 4) is 0 Å². The first kappa shape index (κ1) is 33.0. The molecule has 4 atom stereocenters. The summed E-state index contributed by atoms with van der Waals surface area (Å²) in [5, 5.41) is 10.6. The lowest BCUT2D eigenvalue weighted by Gasteiger charge is -2.36. The van der Waals surface area contributed by atoms with E-state index >= 15 is 0 Å². The summed E-state index contributed by atoms with van der Waals surface area (Å²) in [7, 11) is 0. The van der Waals surface area contributed by atoms with Crippen LogP contribution in [0.5, 0.6) is 0 Å². The zero-order chi connectivity index (χ0) is 30.4. The molecule has 1 aliphatic carbocycles. The molecule has 0 bridgehead atoms. The van der Waals surface area contributed by atoms with Crippen LogP contribution in [0.3, 0.4) is 0 Å². The molecule has 1 saturated heterocycles. The maximum Gasteiger partial charge on any atom is 0.315 e. The molecule has 1 saturated carbocycles. The van der Waals surface area contributed by atoms with Gasteiger partial charge in [0.2, 0.25) is 23.5 Å². The van der Waals surface area contributed by atoms with Gasteiger partial charge in [0.25, 0.3) is 5.91 Å². The molecule has 12 nitrogen and oxygen atoms in total. The third kappa shape index (κ3) is 9.19. The Morgan fingerprint density at radius 2 is 1.57 bits per heavy atom. The molecule has 1 aliphatic heterocycles. The van der Waals surface area contributed by atoms with E-state index in [1.54, 1.807) is 34.6 Å². The van der Waals surface area contributed by atoms with E-state index in [-0.39, 0.29) is 36.2 Å². The van der Waals surface area contributed by atoms with Crippen LogP contribution in [-0.2, 0) is 24.0 Å². The number of ketones is 1. The van der Waals surface area contributed by atoms with Crippen molar-refractivity contribution in [3.05, 3.63) is 0 Å². The first-order chi connectivity index (χ1) is 18.5. The van der Waals surface area contributed by atoms with Crippen LogP contribution in [0.25, 0.3) is 0 Å². The second-order valence-electron chi connectivity index (χ2n) is 12.9. The Balaban J connectivity index is 2.22. The number of carbonyl (C=O) groups is 6. The Morgan fingerprint density at radius 3 is 2.05 bits per heavy atom. The number of urea groups is 1. The Kier molecular flexibility index (Phi) is 11.5. The molecule has 0 aromatic heterocycles. The summed E-state index contributed by atoms with van der Waals surface area (Å²) < 4.78 is 0. The first-order valence-electron chi connectivity index (χ1n) is 14.3. The van der Waals surface area contributed by atoms with E-state index in [1.807, 2.05) is 13.8 Å². The second kappa shape index (κ2) is 13.9. The van der Waals surface area contributed by atoms with Gasteiger partial charge in [-0.05, 0) is 49.9 Å². The summed E-state index contributed by atoms with van der Waals surface area (Å²) in [4.78, 5) is 77.8. The molecular weight excluding hydrogens is 516 g/mol. The first-order valence-corrected chi connectivity index (χ1v) is 14.3. The smallest absolute Gasteiger partial charge is 0.315 e. The normalized spacial score (nSPS) is 20.9. The maximum atomic E-state index is 13.9. The van der Waals surface area contributed by atoms with Gasteiger partial charge >= 0.3 is 6.03 Å². The van der Waals surface area contributed by atoms with Gasteiger partial charge in [0.15, 0.2) is 0 Å². The number of hydrogen-bond acceptors (Lipinski definition) is 6. The van der Waals surface area contributed by atoms with Gasteiger partial charge in [-0.2, -0.15) is 0 Å². The van der Waals surface area contributed by atoms with Gasteiger partial charge in [-0.25, -0.2) is 4.79 Å². The van der Waals surface area contributed by atoms with Crippen molar-refractivity contribution < 1.29 is 28.8 Å². The molecule has 6 N–H and O–H groups in total. The molecule has 0 aromatic rings. The van der Waals surface area contributed by atoms with E-state index in [2.05, 4.69) is 21.3 Å². The molecule has 2 fully saturated rings. The van der Waals surface area contributed by atoms with Crippen molar-refractivity contribution in [1.29, 1.82) is 0 Å². The summed E-state index contributed by atoms with van der Waals surface area (Å²) in [6.45, 7) is 13.1. The zero-order valence-electron chi connectivity index (χ0n) is 25.0. The maximum absolute atomic E-state index is 13.9. The minimum Gasteiger partial charge on any atom is -0.363 e. The number of rotatable bonds is 12. The SMILES string of the molecule is CC(C)NC(=O)CNC(=O)NC(C(=O)N1CC(C(C)C)CC1C(=O)NC(CC1CCC1)C(=O)C(N)=O)C(C)(C)C. The number of carbonyl (C=O) groups excluding carboxylic acids is 6. The molecular formula is C28H48N6O6. The monoisotopic (exact) mass is 564 g/mol. The van der Waals surface area contributed by atoms with Crippen molar-refractivity contribution in [3.63, 3.8) is 0 Å². The highest BCUT2D eigenvalue weighted by Gasteiger charge is 2.46. The van der Waals surface area contributed by atoms with Crippen LogP contribution in [0.4, 0.5) is 4.79 Å². The van der Waals surface area contributed by atoms with Gasteiger partial charge in [0.1, 0.15) is 12.1 Å². The predicted octanol–water partition coefficient (Wildman–Crippen LogP) is 0.827. The lowest BCUT2D eigenvalue weighted by Crippen LogP contribution is -2.60. The van der Waals surface area contributed by atoms with E-state index in [0.29, 0.717) is 19.4 Å². The van der Waals surface area contributed by atoms with Crippen molar-refractivity contribution in [2.45, 2.75) is 105 Å². The molecule has 2 rings (SSSR count). The number of nitrogens with two attached hydrogens (primary N) is 1. The Hall–Kier alpha value is -3.18. The van der Waals surface area contributed by atoms with Gasteiger partial charge in [0.05, 0.1) is 12.6 Å². The Morgan fingerprint density at radius 1 is 0.950 bits per heavy atom. The van der Waals surface area contributed by atoms with Crippen LogP contribution in [0.2, 0.25) is 0 Å². The minimum atomic E-state index is -1.10. The summed E-state index contributed by atoms with van der Waals surface area (Å²) >= 11 is 0. The standard InChI is InChI=1S/C28H48N6O6/c1-15(2)18-12-20(25(38)32-19(22(36)24(29)37)11-17-9-8-10-17)34(14-18)26(39)23(28(5,6)7)33-27(40)30-13-21(35)31-16(3)4/h15-20,23H,8-14H2,1-7H3,(H2,29,37)(H,31,35)(H,32,38)(H2,30,33,40). The fourth-order valence-corrected chi connectivity index (χ4v) is 5.11. The third-order valence-electron chi connectivity index (χ3n) is 7.78. The van der Waals surface area contributed by atoms with Crippen LogP contribution >= 0.6 is 0 Å². The van der Waals surface area contributed by atoms with Crippen LogP contribution in [0, 0.1) is 23.2 Å². The second-order valence-corrected chi connectivity index (χ2v) is 12.9. The largest absolute Gasteiger partial charge is 0.363 e. The molecule has 12 heteroatoms. The van der Waals surface area contributed by atoms with E-state index in [9.17, 15) is 28.8 Å². The fraction of sp³-hybridized carbons (Fsp3) is 0.786. The highest BCUT2D eigenvalue weighted by atomic mass is 16.2. The lowest BCUT2D eigenvalue weighted by molar-refractivity contribution is -0.143. The topological polar surface area (TPSA) is 180 Å². The number of nitrogens with one attached hydrogen (secondary N) is 4. The third-order valence-corrected chi connectivity index (χ3v) is 7.78. The zero-order valence-corrected chi connectivity index (χ0v) is 25.0. The highest BCUT2D eigenvalue weighted by Crippen LogP contribution is 2.33. The van der Waals surface area contributed by atoms with Crippen molar-refractivity contribution in [2.24, 2.45) is 28.9 Å². The quantitative estimate of drug-likeness (QED) is 0.219. The van der Waals surface area contributed by atoms with E-state index in [1.165, 1.54) is 4.90 Å². The van der Waals surface area contributed by atoms with Crippen molar-refractivity contribution >= 4 is 35.4 Å². The van der Waals surface area contributed by atoms with Crippen LogP contribution in [0.1, 0.15) is 80.6 Å². The molecule has 0 aromatic carbocycles. The van der Waals surface area contributed by atoms with Crippen LogP contribution in [-0.4, -0.2) is 77.6 Å². The van der Waals surface area contributed by atoms with Crippen LogP contribution < -0.4 is 27.0 Å². The molecule has 0 radical (unpaired) electrons. The molecule has 226 valence electrons. The number of hydrogen-bond donors (Lipinski definition) is 5. The summed E-state index contributed by atoms with van der Waals surface area (Å²) in [5.41, 5.74) is 4.54. The Labute approximate surface area is 237 Å². The van der Waals surface area contributed by atoms with Gasteiger partial charge < -0.3 is 31.9 Å². The Bertz CT molecular complexity index is 971. The molecule has 1 heterocycles. The fourth-order valence-electron chi connectivity index (χ4n) is 5.11. The minimum absolute atomic E-state index is 0.0193. The highest BCUT2D eigenvalue weighted by molar-refractivity contribution is 6.37. The number of likely N-dealkylation sites (tertiary alicyclic amines) is 1. The summed E-state index contributed by atoms with van der Waals surface area (Å²) in [6, 6.07) is -3.68. The van der Waals surface area contributed by atoms with Gasteiger partial charge in [-0.15, -0.1) is 0 Å². The summed E-state index contributed by atoms with van der Waals surface area (Å²) in [5.74, 6) is -2.83. The number of amides is 6. The lowest BCUT2D eigenvalue weighted by atomic mass is 9.80. The average Bonchev–Trinajstić information content (AvgIpc) is 3.26. The summed E-state index contributed by atoms with van der Waals surface area (Å²) in [6.07, 6.45) is 3.59. The van der Waals surface area contributed by atoms with Gasteiger partial charge in [0, 0.05) is 12.6 Å². The van der Waals surface area contributed by atoms with Crippen molar-refractivity contribution in [2.75, 3.05) is 13.1 Å². The molecule has 4 unspecified atom stereocenters. The number of primary amides is 1. The molecule has 0 spiro atoms. The van der Waals surface area contributed by atoms with Crippen LogP contribution in [0.15, 0.2) is 0 Å². The van der Waals surface area contributed by atoms with E-state index < -0.39 is 53.1 Å². The molecule has 40 heavy (non-hydrogen) atoms. The van der Waals surface area contributed by atoms with Crippen molar-refractivity contribution in [1.82, 2.24) is 26.2 Å². The number of Topliss-reactive ketones (excluding diaryl/α,β-unsaturated/α-hetero) is 1. The number of nitrogens with zero attached hydrogens (tertiary/aromatic N) is 1. The predicted molar refractivity (Wildman–Crippen MR) is 150 cm³/mol. The molecule has 2 aliphatic rings. The molecule has 6 amide bonds. The van der Waals surface area contributed by atoms with Gasteiger partial charge in [-0.3, -0.25) is 24.0 Å². The van der Waals surface area contributed by atoms with E-state index in [0.717, 1.165) is 19.3 Å². The van der Waals surface area contributed by atoms with E-state index in [4.69, 9.17) is 5.73 Å². The van der Waals surface area contributed by atoms with Gasteiger partial charge in [-0.1, -0.05) is 53.9 Å².